The van der Waals surface area contributed by atoms with Gasteiger partial charge in [-0.25, -0.2) is 4.98 Å². The summed E-state index contributed by atoms with van der Waals surface area (Å²) in [5, 5.41) is 9.99. The lowest BCUT2D eigenvalue weighted by Crippen LogP contribution is -2.35. The molecule has 128 valence electrons. The molecule has 0 aliphatic carbocycles. The van der Waals surface area contributed by atoms with E-state index in [0.29, 0.717) is 5.95 Å². The van der Waals surface area contributed by atoms with Crippen LogP contribution in [0.2, 0.25) is 0 Å². The number of hydrogen-bond acceptors (Lipinski definition) is 6. The maximum atomic E-state index is 11.3. The topological polar surface area (TPSA) is 90.0 Å². The van der Waals surface area contributed by atoms with E-state index in [1.807, 2.05) is 25.1 Å². The molecule has 1 saturated heterocycles. The molecule has 2 aromatic heterocycles. The monoisotopic (exact) mass is 329 g/mol. The van der Waals surface area contributed by atoms with Gasteiger partial charge < -0.3 is 15.1 Å². The molecule has 24 heavy (non-hydrogen) atoms. The van der Waals surface area contributed by atoms with E-state index in [1.54, 1.807) is 12.4 Å². The van der Waals surface area contributed by atoms with Crippen molar-refractivity contribution in [1.82, 2.24) is 20.2 Å². The molecule has 0 saturated carbocycles. The summed E-state index contributed by atoms with van der Waals surface area (Å²) in [7, 11) is 3.87. The number of hydrogen-bond donors (Lipinski definition) is 2. The number of carbonyl (C=O) groups excluding carboxylic acids is 1. The van der Waals surface area contributed by atoms with Crippen molar-refractivity contribution < 1.29 is 4.79 Å². The molecule has 0 spiro atoms. The van der Waals surface area contributed by atoms with Crippen molar-refractivity contribution in [2.45, 2.75) is 25.7 Å². The first-order valence-corrected chi connectivity index (χ1v) is 8.10. The molecular weight excluding hydrogens is 306 g/mol. The fourth-order valence-electron chi connectivity index (χ4n) is 3.05. The van der Waals surface area contributed by atoms with Crippen molar-refractivity contribution >= 4 is 23.4 Å². The SMILES string of the molecule is CC(=O)Nc1cn[nH]c1C1CCCN(c2ccnc(N(C)C)n2)C1. The van der Waals surface area contributed by atoms with Crippen molar-refractivity contribution in [2.75, 3.05) is 42.3 Å². The Balaban J connectivity index is 1.79. The second kappa shape index (κ2) is 6.86. The van der Waals surface area contributed by atoms with Gasteiger partial charge in [-0.1, -0.05) is 0 Å². The van der Waals surface area contributed by atoms with Crippen LogP contribution in [0.15, 0.2) is 18.5 Å². The van der Waals surface area contributed by atoms with Crippen LogP contribution in [0.5, 0.6) is 0 Å². The number of aromatic nitrogens is 4. The minimum absolute atomic E-state index is 0.0864. The van der Waals surface area contributed by atoms with Gasteiger partial charge in [-0.15, -0.1) is 0 Å². The van der Waals surface area contributed by atoms with Gasteiger partial charge in [0, 0.05) is 46.2 Å². The van der Waals surface area contributed by atoms with E-state index in [9.17, 15) is 4.79 Å². The molecule has 2 N–H and O–H groups in total. The van der Waals surface area contributed by atoms with Gasteiger partial charge in [0.15, 0.2) is 0 Å². The second-order valence-electron chi connectivity index (χ2n) is 6.27. The van der Waals surface area contributed by atoms with Crippen molar-refractivity contribution in [3.8, 4) is 0 Å². The Morgan fingerprint density at radius 3 is 3.04 bits per heavy atom. The largest absolute Gasteiger partial charge is 0.356 e. The lowest BCUT2D eigenvalue weighted by molar-refractivity contribution is -0.114. The summed E-state index contributed by atoms with van der Waals surface area (Å²) in [5.74, 6) is 1.83. The number of nitrogens with zero attached hydrogens (tertiary/aromatic N) is 5. The average Bonchev–Trinajstić information content (AvgIpc) is 3.02. The number of H-pyrrole nitrogens is 1. The number of piperidine rings is 1. The zero-order valence-corrected chi connectivity index (χ0v) is 14.3. The fraction of sp³-hybridized carbons (Fsp3) is 0.500. The van der Waals surface area contributed by atoms with Gasteiger partial charge >= 0.3 is 0 Å². The Kier molecular flexibility index (Phi) is 4.64. The molecule has 1 aliphatic rings. The summed E-state index contributed by atoms with van der Waals surface area (Å²) in [6.07, 6.45) is 5.58. The number of anilines is 3. The Hall–Kier alpha value is -2.64. The second-order valence-corrected chi connectivity index (χ2v) is 6.27. The number of amides is 1. The first kappa shape index (κ1) is 16.2. The van der Waals surface area contributed by atoms with Gasteiger partial charge in [-0.2, -0.15) is 10.1 Å². The van der Waals surface area contributed by atoms with Crippen LogP contribution >= 0.6 is 0 Å². The van der Waals surface area contributed by atoms with Crippen molar-refractivity contribution in [2.24, 2.45) is 0 Å². The average molecular weight is 329 g/mol. The van der Waals surface area contributed by atoms with Crippen molar-refractivity contribution in [1.29, 1.82) is 0 Å². The number of aromatic amines is 1. The van der Waals surface area contributed by atoms with E-state index in [2.05, 4.69) is 30.4 Å². The van der Waals surface area contributed by atoms with Crippen LogP contribution < -0.4 is 15.1 Å². The highest BCUT2D eigenvalue weighted by molar-refractivity contribution is 5.89. The third-order valence-corrected chi connectivity index (χ3v) is 4.16. The van der Waals surface area contributed by atoms with Crippen molar-refractivity contribution in [3.05, 3.63) is 24.2 Å². The van der Waals surface area contributed by atoms with Crippen LogP contribution in [0.4, 0.5) is 17.5 Å². The van der Waals surface area contributed by atoms with Crippen LogP contribution in [0.3, 0.4) is 0 Å². The first-order valence-electron chi connectivity index (χ1n) is 8.10. The van der Waals surface area contributed by atoms with Gasteiger partial charge in [0.25, 0.3) is 0 Å². The molecule has 2 aromatic rings. The summed E-state index contributed by atoms with van der Waals surface area (Å²) in [6, 6.07) is 1.94. The third kappa shape index (κ3) is 3.47. The molecule has 0 aromatic carbocycles. The molecule has 3 rings (SSSR count). The molecule has 8 heteroatoms. The fourth-order valence-corrected chi connectivity index (χ4v) is 3.05. The van der Waals surface area contributed by atoms with E-state index in [1.165, 1.54) is 6.92 Å². The summed E-state index contributed by atoms with van der Waals surface area (Å²) in [4.78, 5) is 24.4. The third-order valence-electron chi connectivity index (χ3n) is 4.16. The van der Waals surface area contributed by atoms with Crippen LogP contribution in [-0.2, 0) is 4.79 Å². The van der Waals surface area contributed by atoms with E-state index < -0.39 is 0 Å². The van der Waals surface area contributed by atoms with Crippen LogP contribution in [0.25, 0.3) is 0 Å². The molecule has 1 aliphatic heterocycles. The summed E-state index contributed by atoms with van der Waals surface area (Å²) in [6.45, 7) is 3.30. The van der Waals surface area contributed by atoms with E-state index in [-0.39, 0.29) is 11.8 Å². The molecule has 8 nitrogen and oxygen atoms in total. The minimum atomic E-state index is -0.0864. The maximum absolute atomic E-state index is 11.3. The smallest absolute Gasteiger partial charge is 0.226 e. The summed E-state index contributed by atoms with van der Waals surface area (Å²) < 4.78 is 0. The van der Waals surface area contributed by atoms with E-state index in [0.717, 1.165) is 43.1 Å². The van der Waals surface area contributed by atoms with Gasteiger partial charge in [0.05, 0.1) is 17.6 Å². The Morgan fingerprint density at radius 1 is 1.46 bits per heavy atom. The van der Waals surface area contributed by atoms with Crippen LogP contribution in [-0.4, -0.2) is 53.3 Å². The van der Waals surface area contributed by atoms with Gasteiger partial charge in [0.2, 0.25) is 11.9 Å². The zero-order valence-electron chi connectivity index (χ0n) is 14.3. The highest BCUT2D eigenvalue weighted by Gasteiger charge is 2.26. The number of nitrogens with one attached hydrogen (secondary N) is 2. The van der Waals surface area contributed by atoms with Crippen molar-refractivity contribution in [3.63, 3.8) is 0 Å². The van der Waals surface area contributed by atoms with Gasteiger partial charge in [-0.05, 0) is 18.9 Å². The van der Waals surface area contributed by atoms with Crippen LogP contribution in [0.1, 0.15) is 31.4 Å². The first-order chi connectivity index (χ1) is 11.5. The van der Waals surface area contributed by atoms with Gasteiger partial charge in [-0.3, -0.25) is 9.89 Å². The Morgan fingerprint density at radius 2 is 2.29 bits per heavy atom. The van der Waals surface area contributed by atoms with Crippen LogP contribution in [0, 0.1) is 0 Å². The predicted molar refractivity (Wildman–Crippen MR) is 93.4 cm³/mol. The molecular formula is C16H23N7O. The minimum Gasteiger partial charge on any atom is -0.356 e. The molecule has 0 bridgehead atoms. The molecule has 1 fully saturated rings. The molecule has 0 radical (unpaired) electrons. The molecule has 3 heterocycles. The maximum Gasteiger partial charge on any atom is 0.226 e. The number of carbonyl (C=O) groups is 1. The standard InChI is InChI=1S/C16H23N7O/c1-11(24)19-13-9-18-21-15(13)12-5-4-8-23(10-12)14-6-7-17-16(20-14)22(2)3/h6-7,9,12H,4-5,8,10H2,1-3H3,(H,18,21)(H,19,24). The quantitative estimate of drug-likeness (QED) is 0.886. The van der Waals surface area contributed by atoms with Gasteiger partial charge in [0.1, 0.15) is 5.82 Å². The Bertz CT molecular complexity index is 712. The predicted octanol–water partition coefficient (Wildman–Crippen LogP) is 1.61. The normalized spacial score (nSPS) is 17.6. The summed E-state index contributed by atoms with van der Waals surface area (Å²) in [5.41, 5.74) is 1.75. The molecule has 1 unspecified atom stereocenters. The highest BCUT2D eigenvalue weighted by atomic mass is 16.1. The molecule has 1 atom stereocenters. The lowest BCUT2D eigenvalue weighted by atomic mass is 9.94. The van der Waals surface area contributed by atoms with E-state index >= 15 is 0 Å². The summed E-state index contributed by atoms with van der Waals surface area (Å²) >= 11 is 0. The lowest BCUT2D eigenvalue weighted by Gasteiger charge is -2.33. The number of rotatable bonds is 4. The molecule has 1 amide bonds. The van der Waals surface area contributed by atoms with E-state index in [4.69, 9.17) is 0 Å². The zero-order chi connectivity index (χ0) is 17.1. The highest BCUT2D eigenvalue weighted by Crippen LogP contribution is 2.32. The Labute approximate surface area is 141 Å².